The number of nitrogens with one attached hydrogen (secondary N) is 1. The maximum atomic E-state index is 13.4. The summed E-state index contributed by atoms with van der Waals surface area (Å²) in [6.07, 6.45) is 0.621. The van der Waals surface area contributed by atoms with Crippen molar-refractivity contribution >= 4 is 44.8 Å². The standard InChI is InChI=1S/C24H24Cl2N2O4S/c1-3-23(17-9-12-19(32-2)13-10-17)27-24(29)16-28(18-11-14-21(25)22(26)15-18)33(30,31)20-7-5-4-6-8-20/h4-15,23H,3,16H2,1-2H3,(H,27,29)/t23-/m0/s1. The molecule has 174 valence electrons. The molecule has 1 amide bonds. The van der Waals surface area contributed by atoms with Crippen molar-refractivity contribution in [1.82, 2.24) is 5.32 Å². The topological polar surface area (TPSA) is 75.7 Å². The molecule has 1 atom stereocenters. The zero-order chi connectivity index (χ0) is 24.0. The summed E-state index contributed by atoms with van der Waals surface area (Å²) < 4.78 is 33.0. The molecule has 3 rings (SSSR count). The number of hydrogen-bond acceptors (Lipinski definition) is 4. The van der Waals surface area contributed by atoms with Gasteiger partial charge in [-0.1, -0.05) is 60.5 Å². The van der Waals surface area contributed by atoms with Crippen molar-refractivity contribution in [3.63, 3.8) is 0 Å². The molecule has 0 fully saturated rings. The Morgan fingerprint density at radius 2 is 1.67 bits per heavy atom. The predicted octanol–water partition coefficient (Wildman–Crippen LogP) is 5.46. The van der Waals surface area contributed by atoms with Gasteiger partial charge in [-0.25, -0.2) is 8.42 Å². The van der Waals surface area contributed by atoms with E-state index in [0.29, 0.717) is 12.2 Å². The van der Waals surface area contributed by atoms with Crippen LogP contribution >= 0.6 is 23.2 Å². The van der Waals surface area contributed by atoms with Crippen LogP contribution in [0.4, 0.5) is 5.69 Å². The lowest BCUT2D eigenvalue weighted by Crippen LogP contribution is -2.42. The third-order valence-electron chi connectivity index (χ3n) is 5.07. The molecule has 3 aromatic rings. The van der Waals surface area contributed by atoms with E-state index in [2.05, 4.69) is 5.32 Å². The molecule has 33 heavy (non-hydrogen) atoms. The molecule has 0 aliphatic carbocycles. The second kappa shape index (κ2) is 10.9. The van der Waals surface area contributed by atoms with Gasteiger partial charge in [0.05, 0.1) is 33.8 Å². The fourth-order valence-corrected chi connectivity index (χ4v) is 5.03. The number of halogens is 2. The largest absolute Gasteiger partial charge is 0.497 e. The summed E-state index contributed by atoms with van der Waals surface area (Å²) in [7, 11) is -2.46. The first kappa shape index (κ1) is 24.9. The number of anilines is 1. The third kappa shape index (κ3) is 5.99. The summed E-state index contributed by atoms with van der Waals surface area (Å²) in [6, 6.07) is 19.4. The Morgan fingerprint density at radius 1 is 1.00 bits per heavy atom. The van der Waals surface area contributed by atoms with Crippen molar-refractivity contribution in [2.75, 3.05) is 18.0 Å². The van der Waals surface area contributed by atoms with E-state index in [1.54, 1.807) is 25.3 Å². The second-order valence-electron chi connectivity index (χ2n) is 7.22. The molecule has 0 radical (unpaired) electrons. The van der Waals surface area contributed by atoms with Gasteiger partial charge in [0, 0.05) is 0 Å². The maximum Gasteiger partial charge on any atom is 0.264 e. The Bertz CT molecular complexity index is 1200. The highest BCUT2D eigenvalue weighted by Crippen LogP contribution is 2.30. The third-order valence-corrected chi connectivity index (χ3v) is 7.60. The molecule has 0 bridgehead atoms. The van der Waals surface area contributed by atoms with E-state index in [1.807, 2.05) is 31.2 Å². The monoisotopic (exact) mass is 506 g/mol. The minimum Gasteiger partial charge on any atom is -0.497 e. The van der Waals surface area contributed by atoms with Gasteiger partial charge in [0.2, 0.25) is 5.91 Å². The van der Waals surface area contributed by atoms with E-state index in [0.717, 1.165) is 9.87 Å². The normalized spacial score (nSPS) is 12.1. The van der Waals surface area contributed by atoms with Crippen molar-refractivity contribution in [1.29, 1.82) is 0 Å². The molecule has 0 aliphatic rings. The van der Waals surface area contributed by atoms with Crippen molar-refractivity contribution in [2.45, 2.75) is 24.3 Å². The first-order valence-electron chi connectivity index (χ1n) is 10.2. The number of methoxy groups -OCH3 is 1. The van der Waals surface area contributed by atoms with Gasteiger partial charge < -0.3 is 10.1 Å². The van der Waals surface area contributed by atoms with E-state index in [4.69, 9.17) is 27.9 Å². The molecule has 0 saturated carbocycles. The summed E-state index contributed by atoms with van der Waals surface area (Å²) >= 11 is 12.1. The van der Waals surface area contributed by atoms with Crippen LogP contribution in [0.15, 0.2) is 77.7 Å². The molecule has 0 heterocycles. The zero-order valence-electron chi connectivity index (χ0n) is 18.2. The Morgan fingerprint density at radius 3 is 2.24 bits per heavy atom. The van der Waals surface area contributed by atoms with Crippen molar-refractivity contribution in [2.24, 2.45) is 0 Å². The second-order valence-corrected chi connectivity index (χ2v) is 9.90. The lowest BCUT2D eigenvalue weighted by molar-refractivity contribution is -0.120. The van der Waals surface area contributed by atoms with Crippen LogP contribution in [0.1, 0.15) is 24.9 Å². The van der Waals surface area contributed by atoms with Crippen molar-refractivity contribution in [3.8, 4) is 5.75 Å². The number of hydrogen-bond donors (Lipinski definition) is 1. The molecule has 0 saturated heterocycles. The zero-order valence-corrected chi connectivity index (χ0v) is 20.5. The minimum absolute atomic E-state index is 0.0612. The van der Waals surface area contributed by atoms with E-state index in [9.17, 15) is 13.2 Å². The molecule has 1 N–H and O–H groups in total. The van der Waals surface area contributed by atoms with E-state index in [-0.39, 0.29) is 26.7 Å². The van der Waals surface area contributed by atoms with Gasteiger partial charge in [-0.15, -0.1) is 0 Å². The number of nitrogens with zero attached hydrogens (tertiary/aromatic N) is 1. The van der Waals surface area contributed by atoms with Crippen LogP contribution < -0.4 is 14.4 Å². The molecular formula is C24H24Cl2N2O4S. The quantitative estimate of drug-likeness (QED) is 0.417. The number of rotatable bonds is 9. The maximum absolute atomic E-state index is 13.4. The highest BCUT2D eigenvalue weighted by molar-refractivity contribution is 7.92. The lowest BCUT2D eigenvalue weighted by atomic mass is 10.0. The smallest absolute Gasteiger partial charge is 0.264 e. The van der Waals surface area contributed by atoms with Crippen LogP contribution in [0, 0.1) is 0 Å². The van der Waals surface area contributed by atoms with Crippen LogP contribution in [-0.4, -0.2) is 28.0 Å². The highest BCUT2D eigenvalue weighted by atomic mass is 35.5. The molecule has 0 aromatic heterocycles. The number of amides is 1. The van der Waals surface area contributed by atoms with Crippen LogP contribution in [0.2, 0.25) is 10.0 Å². The Kier molecular flexibility index (Phi) is 8.24. The average molecular weight is 507 g/mol. The molecule has 6 nitrogen and oxygen atoms in total. The fourth-order valence-electron chi connectivity index (χ4n) is 3.30. The Hall–Kier alpha value is -2.74. The van der Waals surface area contributed by atoms with E-state index in [1.165, 1.54) is 30.3 Å². The molecule has 3 aromatic carbocycles. The molecule has 0 aliphatic heterocycles. The molecule has 9 heteroatoms. The summed E-state index contributed by atoms with van der Waals surface area (Å²) in [5.74, 6) is 0.253. The summed E-state index contributed by atoms with van der Waals surface area (Å²) in [6.45, 7) is 1.51. The summed E-state index contributed by atoms with van der Waals surface area (Å²) in [4.78, 5) is 13.1. The predicted molar refractivity (Wildman–Crippen MR) is 132 cm³/mol. The Labute approximate surface area is 204 Å². The van der Waals surface area contributed by atoms with Gasteiger partial charge >= 0.3 is 0 Å². The van der Waals surface area contributed by atoms with Crippen LogP contribution in [0.5, 0.6) is 5.75 Å². The summed E-state index contributed by atoms with van der Waals surface area (Å²) in [5, 5.41) is 3.40. The fraction of sp³-hybridized carbons (Fsp3) is 0.208. The first-order chi connectivity index (χ1) is 15.8. The van der Waals surface area contributed by atoms with Crippen LogP contribution in [-0.2, 0) is 14.8 Å². The Balaban J connectivity index is 1.90. The van der Waals surface area contributed by atoms with Gasteiger partial charge in [0.15, 0.2) is 0 Å². The van der Waals surface area contributed by atoms with Gasteiger partial charge in [0.25, 0.3) is 10.0 Å². The minimum atomic E-state index is -4.04. The van der Waals surface area contributed by atoms with Gasteiger partial charge in [-0.2, -0.15) is 0 Å². The van der Waals surface area contributed by atoms with Gasteiger partial charge in [-0.05, 0) is 54.4 Å². The number of benzene rings is 3. The van der Waals surface area contributed by atoms with E-state index < -0.39 is 22.5 Å². The molecular weight excluding hydrogens is 483 g/mol. The number of ether oxygens (including phenoxy) is 1. The average Bonchev–Trinajstić information content (AvgIpc) is 2.83. The van der Waals surface area contributed by atoms with Crippen LogP contribution in [0.25, 0.3) is 0 Å². The number of carbonyl (C=O) groups is 1. The molecule has 0 spiro atoms. The van der Waals surface area contributed by atoms with E-state index >= 15 is 0 Å². The highest BCUT2D eigenvalue weighted by Gasteiger charge is 2.28. The van der Waals surface area contributed by atoms with Crippen molar-refractivity contribution in [3.05, 3.63) is 88.4 Å². The van der Waals surface area contributed by atoms with Gasteiger partial charge in [-0.3, -0.25) is 9.10 Å². The number of sulfonamides is 1. The van der Waals surface area contributed by atoms with Crippen LogP contribution in [0.3, 0.4) is 0 Å². The summed E-state index contributed by atoms with van der Waals surface area (Å²) in [5.41, 5.74) is 1.12. The molecule has 0 unspecified atom stereocenters. The number of carbonyl (C=O) groups excluding carboxylic acids is 1. The van der Waals surface area contributed by atoms with Crippen molar-refractivity contribution < 1.29 is 17.9 Å². The van der Waals surface area contributed by atoms with Gasteiger partial charge in [0.1, 0.15) is 12.3 Å². The first-order valence-corrected chi connectivity index (χ1v) is 12.4. The SMILES string of the molecule is CC[C@H](NC(=O)CN(c1ccc(Cl)c(Cl)c1)S(=O)(=O)c1ccccc1)c1ccc(OC)cc1. The lowest BCUT2D eigenvalue weighted by Gasteiger charge is -2.26.